The maximum atomic E-state index is 6.40. The monoisotopic (exact) mass is 271 g/mol. The van der Waals surface area contributed by atoms with Gasteiger partial charge in [-0.05, 0) is 37.8 Å². The van der Waals surface area contributed by atoms with E-state index in [1.807, 2.05) is 11.7 Å². The predicted octanol–water partition coefficient (Wildman–Crippen LogP) is 3.20. The van der Waals surface area contributed by atoms with Crippen molar-refractivity contribution in [3.05, 3.63) is 16.4 Å². The summed E-state index contributed by atoms with van der Waals surface area (Å²) < 4.78 is 1.94. The van der Waals surface area contributed by atoms with Crippen molar-refractivity contribution in [3.8, 4) is 0 Å². The summed E-state index contributed by atoms with van der Waals surface area (Å²) in [5.74, 6) is 0. The van der Waals surface area contributed by atoms with Gasteiger partial charge in [0.2, 0.25) is 0 Å². The molecule has 1 rings (SSSR count). The quantitative estimate of drug-likeness (QED) is 0.772. The molecule has 0 spiro atoms. The van der Waals surface area contributed by atoms with Crippen LogP contribution in [0.1, 0.15) is 45.5 Å². The zero-order chi connectivity index (χ0) is 13.8. The fraction of sp³-hybridized carbons (Fsp3) is 0.786. The third-order valence-electron chi connectivity index (χ3n) is 3.38. The van der Waals surface area contributed by atoms with Crippen LogP contribution in [0.5, 0.6) is 0 Å². The van der Waals surface area contributed by atoms with Crippen molar-refractivity contribution < 1.29 is 0 Å². The molecular weight excluding hydrogens is 246 g/mol. The second kappa shape index (κ2) is 6.58. The summed E-state index contributed by atoms with van der Waals surface area (Å²) in [5, 5.41) is 8.72. The first-order valence-corrected chi connectivity index (χ1v) is 7.20. The zero-order valence-electron chi connectivity index (χ0n) is 12.3. The van der Waals surface area contributed by atoms with Crippen molar-refractivity contribution in [3.63, 3.8) is 0 Å². The zero-order valence-corrected chi connectivity index (χ0v) is 13.1. The van der Waals surface area contributed by atoms with E-state index in [-0.39, 0.29) is 5.41 Å². The summed E-state index contributed by atoms with van der Waals surface area (Å²) >= 11 is 6.40. The van der Waals surface area contributed by atoms with Gasteiger partial charge in [-0.2, -0.15) is 5.10 Å². The van der Waals surface area contributed by atoms with Crippen molar-refractivity contribution in [2.75, 3.05) is 13.1 Å². The minimum Gasteiger partial charge on any atom is -0.317 e. The first kappa shape index (κ1) is 15.5. The van der Waals surface area contributed by atoms with E-state index < -0.39 is 0 Å². The van der Waals surface area contributed by atoms with E-state index >= 15 is 0 Å². The Kier molecular flexibility index (Phi) is 5.67. The molecule has 0 saturated heterocycles. The van der Waals surface area contributed by atoms with E-state index in [1.54, 1.807) is 0 Å². The molecule has 0 aromatic carbocycles. The average Bonchev–Trinajstić information content (AvgIpc) is 2.56. The lowest BCUT2D eigenvalue weighted by molar-refractivity contribution is 0.319. The van der Waals surface area contributed by atoms with Crippen LogP contribution in [0.2, 0.25) is 5.02 Å². The molecule has 104 valence electrons. The summed E-state index contributed by atoms with van der Waals surface area (Å²) in [6.07, 6.45) is 3.01. The molecule has 0 fully saturated rings. The number of aromatic nitrogens is 2. The molecule has 1 aromatic rings. The van der Waals surface area contributed by atoms with Crippen molar-refractivity contribution in [1.29, 1.82) is 0 Å². The number of hydrogen-bond donors (Lipinski definition) is 1. The van der Waals surface area contributed by atoms with E-state index in [1.165, 1.54) is 0 Å². The topological polar surface area (TPSA) is 29.9 Å². The lowest BCUT2D eigenvalue weighted by Crippen LogP contribution is -2.24. The first-order chi connectivity index (χ1) is 8.41. The molecule has 0 aliphatic heterocycles. The van der Waals surface area contributed by atoms with Crippen LogP contribution in [0.25, 0.3) is 0 Å². The number of halogens is 1. The molecule has 4 heteroatoms. The van der Waals surface area contributed by atoms with Crippen molar-refractivity contribution in [1.82, 2.24) is 15.1 Å². The van der Waals surface area contributed by atoms with E-state index in [0.717, 1.165) is 48.8 Å². The van der Waals surface area contributed by atoms with Gasteiger partial charge in [0.05, 0.1) is 16.4 Å². The van der Waals surface area contributed by atoms with Crippen LogP contribution in [0.15, 0.2) is 0 Å². The molecule has 0 bridgehead atoms. The van der Waals surface area contributed by atoms with Gasteiger partial charge in [0, 0.05) is 7.05 Å². The van der Waals surface area contributed by atoms with Gasteiger partial charge in [0.25, 0.3) is 0 Å². The largest absolute Gasteiger partial charge is 0.317 e. The highest BCUT2D eigenvalue weighted by Gasteiger charge is 2.23. The van der Waals surface area contributed by atoms with E-state index in [2.05, 4.69) is 38.1 Å². The fourth-order valence-electron chi connectivity index (χ4n) is 2.16. The number of hydrogen-bond acceptors (Lipinski definition) is 2. The number of nitrogens with zero attached hydrogens (tertiary/aromatic N) is 2. The molecule has 0 saturated carbocycles. The molecule has 0 radical (unpaired) electrons. The molecular formula is C14H26ClN3. The molecule has 1 heterocycles. The van der Waals surface area contributed by atoms with Gasteiger partial charge < -0.3 is 5.32 Å². The third-order valence-corrected chi connectivity index (χ3v) is 3.81. The second-order valence-electron chi connectivity index (χ2n) is 5.63. The Hall–Kier alpha value is -0.540. The first-order valence-electron chi connectivity index (χ1n) is 6.82. The second-order valence-corrected chi connectivity index (χ2v) is 6.01. The maximum absolute atomic E-state index is 6.40. The summed E-state index contributed by atoms with van der Waals surface area (Å²) in [5.41, 5.74) is 2.41. The van der Waals surface area contributed by atoms with Gasteiger partial charge in [-0.3, -0.25) is 4.68 Å². The number of aryl methyl sites for hydroxylation is 2. The Morgan fingerprint density at radius 1 is 1.33 bits per heavy atom. The third kappa shape index (κ3) is 3.99. The molecule has 0 aliphatic rings. The molecule has 0 aliphatic carbocycles. The SMILES string of the molecule is CCNCCC(C)(C)Cc1c(Cl)c(CC)nn1C. The van der Waals surface area contributed by atoms with E-state index in [4.69, 9.17) is 11.6 Å². The Morgan fingerprint density at radius 3 is 2.50 bits per heavy atom. The van der Waals surface area contributed by atoms with E-state index in [9.17, 15) is 0 Å². The van der Waals surface area contributed by atoms with Crippen LogP contribution in [-0.4, -0.2) is 22.9 Å². The van der Waals surface area contributed by atoms with Gasteiger partial charge in [-0.1, -0.05) is 39.3 Å². The normalized spacial score (nSPS) is 12.1. The van der Waals surface area contributed by atoms with Crippen molar-refractivity contribution in [2.24, 2.45) is 12.5 Å². The van der Waals surface area contributed by atoms with Crippen LogP contribution in [0, 0.1) is 5.41 Å². The van der Waals surface area contributed by atoms with Gasteiger partial charge in [0.1, 0.15) is 0 Å². The lowest BCUT2D eigenvalue weighted by atomic mass is 9.84. The predicted molar refractivity (Wildman–Crippen MR) is 78.2 cm³/mol. The summed E-state index contributed by atoms with van der Waals surface area (Å²) in [7, 11) is 1.99. The Morgan fingerprint density at radius 2 is 2.00 bits per heavy atom. The molecule has 1 N–H and O–H groups in total. The fourth-order valence-corrected chi connectivity index (χ4v) is 2.52. The summed E-state index contributed by atoms with van der Waals surface area (Å²) in [6, 6.07) is 0. The standard InChI is InChI=1S/C14H26ClN3/c1-6-11-13(15)12(18(5)17-11)10-14(3,4)8-9-16-7-2/h16H,6-10H2,1-5H3. The van der Waals surface area contributed by atoms with Crippen LogP contribution in [0.4, 0.5) is 0 Å². The molecule has 3 nitrogen and oxygen atoms in total. The smallest absolute Gasteiger partial charge is 0.0849 e. The van der Waals surface area contributed by atoms with Gasteiger partial charge in [-0.25, -0.2) is 0 Å². The number of nitrogens with one attached hydrogen (secondary N) is 1. The van der Waals surface area contributed by atoms with Crippen LogP contribution < -0.4 is 5.32 Å². The summed E-state index contributed by atoms with van der Waals surface area (Å²) in [6.45, 7) is 10.9. The van der Waals surface area contributed by atoms with E-state index in [0.29, 0.717) is 0 Å². The average molecular weight is 272 g/mol. The minimum atomic E-state index is 0.241. The van der Waals surface area contributed by atoms with Crippen LogP contribution in [-0.2, 0) is 19.9 Å². The molecule has 0 unspecified atom stereocenters. The van der Waals surface area contributed by atoms with Crippen molar-refractivity contribution in [2.45, 2.75) is 47.0 Å². The lowest BCUT2D eigenvalue weighted by Gasteiger charge is -2.25. The Balaban J connectivity index is 2.74. The Bertz CT molecular complexity index is 383. The van der Waals surface area contributed by atoms with Crippen LogP contribution in [0.3, 0.4) is 0 Å². The molecule has 0 atom stereocenters. The van der Waals surface area contributed by atoms with Crippen molar-refractivity contribution >= 4 is 11.6 Å². The summed E-state index contributed by atoms with van der Waals surface area (Å²) in [4.78, 5) is 0. The highest BCUT2D eigenvalue weighted by atomic mass is 35.5. The van der Waals surface area contributed by atoms with Gasteiger partial charge in [0.15, 0.2) is 0 Å². The minimum absolute atomic E-state index is 0.241. The number of rotatable bonds is 7. The molecule has 18 heavy (non-hydrogen) atoms. The molecule has 1 aromatic heterocycles. The van der Waals surface area contributed by atoms with Gasteiger partial charge in [-0.15, -0.1) is 0 Å². The maximum Gasteiger partial charge on any atom is 0.0849 e. The Labute approximate surface area is 116 Å². The molecule has 0 amide bonds. The van der Waals surface area contributed by atoms with Gasteiger partial charge >= 0.3 is 0 Å². The highest BCUT2D eigenvalue weighted by molar-refractivity contribution is 6.31. The highest BCUT2D eigenvalue weighted by Crippen LogP contribution is 2.30. The van der Waals surface area contributed by atoms with Crippen LogP contribution >= 0.6 is 11.6 Å².